The van der Waals surface area contributed by atoms with Crippen LogP contribution in [0.1, 0.15) is 34.6 Å². The van der Waals surface area contributed by atoms with Gasteiger partial charge >= 0.3 is 8.32 Å². The predicted molar refractivity (Wildman–Crippen MR) is 115 cm³/mol. The molecule has 6 nitrogen and oxygen atoms in total. The molecule has 0 aromatic heterocycles. The third-order valence-corrected chi connectivity index (χ3v) is 31.6. The fraction of sp³-hybridized carbons (Fsp3) is 0.667. The van der Waals surface area contributed by atoms with E-state index < -0.39 is 29.2 Å². The Bertz CT molecular complexity index is 495. The highest BCUT2D eigenvalue weighted by Crippen LogP contribution is 2.48. The molecular formula is C18H36O6Si3. The van der Waals surface area contributed by atoms with Gasteiger partial charge in [-0.15, -0.1) is 19.7 Å². The summed E-state index contributed by atoms with van der Waals surface area (Å²) in [6.45, 7) is 24.3. The standard InChI is InChI=1S/C18H36O6Si3/c1-9-19-18(20-10-2)17-25(14-6,15-7)26(16-8,21-11-3)27(24-18,22-12-4)23-13-5/h14-16H,6-13,17H2,1-5H3. The Morgan fingerprint density at radius 3 is 1.59 bits per heavy atom. The summed E-state index contributed by atoms with van der Waals surface area (Å²) in [5.41, 5.74) is 5.88. The van der Waals surface area contributed by atoms with Crippen LogP contribution in [0, 0.1) is 0 Å². The summed E-state index contributed by atoms with van der Waals surface area (Å²) >= 11 is 0. The maximum atomic E-state index is 6.60. The maximum absolute atomic E-state index is 6.60. The Hall–Kier alpha value is -0.369. The van der Waals surface area contributed by atoms with Gasteiger partial charge in [-0.1, -0.05) is 17.1 Å². The van der Waals surface area contributed by atoms with Crippen molar-refractivity contribution < 1.29 is 27.2 Å². The van der Waals surface area contributed by atoms with E-state index in [2.05, 4.69) is 19.7 Å². The minimum absolute atomic E-state index is 0.426. The molecule has 0 amide bonds. The molecule has 1 aliphatic heterocycles. The van der Waals surface area contributed by atoms with Crippen LogP contribution in [-0.4, -0.2) is 62.3 Å². The van der Waals surface area contributed by atoms with Gasteiger partial charge in [0.2, 0.25) is 0 Å². The van der Waals surface area contributed by atoms with Crippen LogP contribution in [0.5, 0.6) is 0 Å². The van der Waals surface area contributed by atoms with Crippen LogP contribution < -0.4 is 0 Å². The molecule has 1 fully saturated rings. The van der Waals surface area contributed by atoms with Crippen molar-refractivity contribution in [1.82, 2.24) is 0 Å². The molecule has 0 spiro atoms. The fourth-order valence-corrected chi connectivity index (χ4v) is 32.3. The largest absolute Gasteiger partial charge is 0.509 e. The van der Waals surface area contributed by atoms with Gasteiger partial charge in [-0.05, 0) is 34.6 Å². The minimum Gasteiger partial charge on any atom is -0.410 e. The molecule has 1 atom stereocenters. The van der Waals surface area contributed by atoms with Gasteiger partial charge < -0.3 is 27.2 Å². The smallest absolute Gasteiger partial charge is 0.410 e. The van der Waals surface area contributed by atoms with Gasteiger partial charge in [0.25, 0.3) is 13.3 Å². The summed E-state index contributed by atoms with van der Waals surface area (Å²) in [6, 6.07) is 0.488. The third-order valence-electron chi connectivity index (χ3n) is 4.73. The number of ether oxygens (including phenoxy) is 2. The topological polar surface area (TPSA) is 55.4 Å². The van der Waals surface area contributed by atoms with E-state index in [0.717, 1.165) is 0 Å². The van der Waals surface area contributed by atoms with Crippen molar-refractivity contribution in [2.45, 2.75) is 46.6 Å². The summed E-state index contributed by atoms with van der Waals surface area (Å²) < 4.78 is 37.8. The maximum Gasteiger partial charge on any atom is 0.509 e. The van der Waals surface area contributed by atoms with Crippen molar-refractivity contribution in [3.8, 4) is 0 Å². The molecule has 0 aliphatic carbocycles. The van der Waals surface area contributed by atoms with Crippen molar-refractivity contribution >= 4 is 23.3 Å². The van der Waals surface area contributed by atoms with Gasteiger partial charge in [0.1, 0.15) is 7.59 Å². The highest BCUT2D eigenvalue weighted by atomic mass is 29.7. The zero-order chi connectivity index (χ0) is 20.6. The van der Waals surface area contributed by atoms with Gasteiger partial charge in [0, 0.05) is 39.1 Å². The molecule has 0 saturated carbocycles. The Morgan fingerprint density at radius 1 is 0.778 bits per heavy atom. The molecule has 9 heteroatoms. The molecule has 27 heavy (non-hydrogen) atoms. The highest BCUT2D eigenvalue weighted by molar-refractivity contribution is 7.68. The van der Waals surface area contributed by atoms with Crippen molar-refractivity contribution in [3.63, 3.8) is 0 Å². The second kappa shape index (κ2) is 10.4. The van der Waals surface area contributed by atoms with Crippen LogP contribution >= 0.6 is 0 Å². The lowest BCUT2D eigenvalue weighted by molar-refractivity contribution is -0.344. The summed E-state index contributed by atoms with van der Waals surface area (Å²) in [7, 11) is -8.92. The lowest BCUT2D eigenvalue weighted by Crippen LogP contribution is -2.87. The molecule has 1 saturated heterocycles. The second-order valence-corrected chi connectivity index (χ2v) is 24.0. The first-order chi connectivity index (χ1) is 12.9. The Balaban J connectivity index is 3.83. The molecular weight excluding hydrogens is 396 g/mol. The Kier molecular flexibility index (Phi) is 9.52. The fourth-order valence-electron chi connectivity index (χ4n) is 3.78. The normalized spacial score (nSPS) is 25.7. The molecule has 1 heterocycles. The first kappa shape index (κ1) is 24.7. The number of hydrogen-bond donors (Lipinski definition) is 0. The molecule has 0 aromatic rings. The van der Waals surface area contributed by atoms with Crippen molar-refractivity contribution in [3.05, 3.63) is 36.8 Å². The third kappa shape index (κ3) is 4.16. The van der Waals surface area contributed by atoms with Gasteiger partial charge in [-0.2, -0.15) is 0 Å². The van der Waals surface area contributed by atoms with Crippen LogP contribution in [-0.2, 0) is 27.2 Å². The predicted octanol–water partition coefficient (Wildman–Crippen LogP) is 3.52. The lowest BCUT2D eigenvalue weighted by Gasteiger charge is -2.57. The molecule has 156 valence electrons. The molecule has 1 rings (SSSR count). The molecule has 0 N–H and O–H groups in total. The zero-order valence-electron chi connectivity index (χ0n) is 17.5. The van der Waals surface area contributed by atoms with E-state index in [0.29, 0.717) is 39.1 Å². The van der Waals surface area contributed by atoms with Crippen LogP contribution in [0.4, 0.5) is 0 Å². The van der Waals surface area contributed by atoms with Gasteiger partial charge in [-0.25, -0.2) is 0 Å². The number of rotatable bonds is 13. The van der Waals surface area contributed by atoms with Crippen LogP contribution in [0.15, 0.2) is 36.8 Å². The average Bonchev–Trinajstić information content (AvgIpc) is 2.64. The van der Waals surface area contributed by atoms with Gasteiger partial charge in [-0.3, -0.25) is 0 Å². The van der Waals surface area contributed by atoms with Crippen LogP contribution in [0.2, 0.25) is 6.04 Å². The van der Waals surface area contributed by atoms with Crippen molar-refractivity contribution in [2.75, 3.05) is 33.0 Å². The van der Waals surface area contributed by atoms with E-state index in [9.17, 15) is 0 Å². The van der Waals surface area contributed by atoms with Gasteiger partial charge in [0.05, 0.1) is 0 Å². The molecule has 1 aliphatic rings. The van der Waals surface area contributed by atoms with Crippen LogP contribution in [0.25, 0.3) is 0 Å². The summed E-state index contributed by atoms with van der Waals surface area (Å²) in [5, 5.41) is 0. The molecule has 1 unspecified atom stereocenters. The second-order valence-electron chi connectivity index (χ2n) is 6.07. The summed E-state index contributed by atoms with van der Waals surface area (Å²) in [4.78, 5) is 0. The van der Waals surface area contributed by atoms with Crippen molar-refractivity contribution in [2.24, 2.45) is 0 Å². The first-order valence-electron chi connectivity index (χ1n) is 9.71. The van der Waals surface area contributed by atoms with E-state index in [1.807, 2.05) is 51.7 Å². The zero-order valence-corrected chi connectivity index (χ0v) is 20.5. The monoisotopic (exact) mass is 432 g/mol. The van der Waals surface area contributed by atoms with E-state index in [-0.39, 0.29) is 0 Å². The molecule has 0 radical (unpaired) electrons. The van der Waals surface area contributed by atoms with E-state index >= 15 is 0 Å². The SMILES string of the molecule is C=C[Si]1(C=C)CC(OCC)(OCC)O[Si](OCC)(OCC)[Si]1(C=C)OCC. The van der Waals surface area contributed by atoms with Gasteiger partial charge in [0.15, 0.2) is 0 Å². The number of hydrogen-bond acceptors (Lipinski definition) is 6. The van der Waals surface area contributed by atoms with E-state index in [1.54, 1.807) is 0 Å². The molecule has 0 aromatic carbocycles. The quantitative estimate of drug-likeness (QED) is 0.328. The minimum atomic E-state index is -3.40. The van der Waals surface area contributed by atoms with E-state index in [1.165, 1.54) is 0 Å². The van der Waals surface area contributed by atoms with Crippen LogP contribution in [0.3, 0.4) is 0 Å². The first-order valence-corrected chi connectivity index (χ1v) is 17.8. The van der Waals surface area contributed by atoms with Crippen molar-refractivity contribution in [1.29, 1.82) is 0 Å². The molecule has 0 bridgehead atoms. The highest BCUT2D eigenvalue weighted by Gasteiger charge is 2.79. The Morgan fingerprint density at radius 2 is 1.26 bits per heavy atom. The summed E-state index contributed by atoms with van der Waals surface area (Å²) in [5.74, 6) is -1.26. The van der Waals surface area contributed by atoms with E-state index in [4.69, 9.17) is 27.2 Å². The Labute approximate surface area is 167 Å². The lowest BCUT2D eigenvalue weighted by atomic mass is 10.6. The summed E-state index contributed by atoms with van der Waals surface area (Å²) in [6.07, 6.45) is 0. The average molecular weight is 433 g/mol.